The molecule has 5 heteroatoms. The number of aromatic nitrogens is 1. The molecule has 1 aromatic rings. The van der Waals surface area contributed by atoms with Crippen molar-refractivity contribution in [2.24, 2.45) is 0 Å². The first-order valence-corrected chi connectivity index (χ1v) is 5.36. The van der Waals surface area contributed by atoms with Gasteiger partial charge in [-0.2, -0.15) is 0 Å². The van der Waals surface area contributed by atoms with Crippen molar-refractivity contribution in [2.45, 2.75) is 13.3 Å². The van der Waals surface area contributed by atoms with Gasteiger partial charge in [0.15, 0.2) is 0 Å². The summed E-state index contributed by atoms with van der Waals surface area (Å²) in [7, 11) is 1.56. The Hall–Kier alpha value is -1.10. The quantitative estimate of drug-likeness (QED) is 0.605. The van der Waals surface area contributed by atoms with Gasteiger partial charge in [-0.15, -0.1) is 0 Å². The summed E-state index contributed by atoms with van der Waals surface area (Å²) >= 11 is 3.33. The van der Waals surface area contributed by atoms with Gasteiger partial charge in [0.05, 0.1) is 17.5 Å². The highest BCUT2D eigenvalue weighted by molar-refractivity contribution is 9.10. The SMILES string of the molecule is CCOC(=O)Cc1cc(Br)c[n+](OC)c1. The molecule has 0 aliphatic heterocycles. The molecule has 0 atom stereocenters. The lowest BCUT2D eigenvalue weighted by molar-refractivity contribution is -0.886. The first-order chi connectivity index (χ1) is 7.15. The molecule has 0 saturated heterocycles. The number of carbonyl (C=O) groups is 1. The summed E-state index contributed by atoms with van der Waals surface area (Å²) in [5.74, 6) is -0.238. The third-order valence-corrected chi connectivity index (χ3v) is 2.17. The van der Waals surface area contributed by atoms with Gasteiger partial charge in [-0.25, -0.2) is 0 Å². The van der Waals surface area contributed by atoms with E-state index >= 15 is 0 Å². The Morgan fingerprint density at radius 1 is 1.53 bits per heavy atom. The van der Waals surface area contributed by atoms with Crippen LogP contribution in [-0.4, -0.2) is 19.7 Å². The molecule has 15 heavy (non-hydrogen) atoms. The van der Waals surface area contributed by atoms with E-state index < -0.39 is 0 Å². The molecule has 0 radical (unpaired) electrons. The van der Waals surface area contributed by atoms with E-state index in [1.165, 1.54) is 4.73 Å². The van der Waals surface area contributed by atoms with Crippen LogP contribution in [0.3, 0.4) is 0 Å². The lowest BCUT2D eigenvalue weighted by atomic mass is 10.2. The lowest BCUT2D eigenvalue weighted by Crippen LogP contribution is -2.40. The standard InChI is InChI=1S/C10H13BrNO3/c1-3-15-10(13)5-8-4-9(11)7-12(6-8)14-2/h4,6-7H,3,5H2,1-2H3/q+1. The van der Waals surface area contributed by atoms with E-state index in [-0.39, 0.29) is 12.4 Å². The molecule has 82 valence electrons. The fraction of sp³-hybridized carbons (Fsp3) is 0.400. The molecule has 0 spiro atoms. The van der Waals surface area contributed by atoms with Crippen molar-refractivity contribution in [3.05, 3.63) is 28.5 Å². The minimum absolute atomic E-state index is 0.238. The zero-order chi connectivity index (χ0) is 11.3. The van der Waals surface area contributed by atoms with Crippen LogP contribution >= 0.6 is 15.9 Å². The largest absolute Gasteiger partial charge is 0.466 e. The normalized spacial score (nSPS) is 9.80. The summed E-state index contributed by atoms with van der Waals surface area (Å²) in [6.45, 7) is 2.19. The first-order valence-electron chi connectivity index (χ1n) is 4.56. The van der Waals surface area contributed by atoms with Crippen LogP contribution in [0.4, 0.5) is 0 Å². The summed E-state index contributed by atoms with van der Waals surface area (Å²) in [6.07, 6.45) is 3.74. The van der Waals surface area contributed by atoms with E-state index in [4.69, 9.17) is 9.57 Å². The average molecular weight is 275 g/mol. The Kier molecular flexibility index (Phi) is 4.55. The molecule has 0 aromatic carbocycles. The van der Waals surface area contributed by atoms with Crippen molar-refractivity contribution in [2.75, 3.05) is 13.7 Å². The Morgan fingerprint density at radius 2 is 2.27 bits per heavy atom. The van der Waals surface area contributed by atoms with Gasteiger partial charge >= 0.3 is 5.97 Å². The van der Waals surface area contributed by atoms with Crippen LogP contribution in [-0.2, 0) is 16.0 Å². The molecule has 4 nitrogen and oxygen atoms in total. The molecular weight excluding hydrogens is 262 g/mol. The topological polar surface area (TPSA) is 39.4 Å². The molecule has 1 heterocycles. The fourth-order valence-corrected chi connectivity index (χ4v) is 1.65. The first kappa shape index (κ1) is 12.0. The van der Waals surface area contributed by atoms with Gasteiger partial charge in [0, 0.05) is 10.3 Å². The van der Waals surface area contributed by atoms with Crippen molar-refractivity contribution < 1.29 is 19.1 Å². The fourth-order valence-electron chi connectivity index (χ4n) is 1.15. The third-order valence-electron chi connectivity index (χ3n) is 1.73. The van der Waals surface area contributed by atoms with E-state index in [0.717, 1.165) is 10.0 Å². The van der Waals surface area contributed by atoms with Crippen molar-refractivity contribution in [1.82, 2.24) is 0 Å². The smallest absolute Gasteiger partial charge is 0.310 e. The maximum atomic E-state index is 11.2. The molecule has 0 saturated carbocycles. The number of hydrogen-bond donors (Lipinski definition) is 0. The molecule has 0 unspecified atom stereocenters. The number of esters is 1. The summed E-state index contributed by atoms with van der Waals surface area (Å²) in [6, 6.07) is 1.85. The molecule has 0 bridgehead atoms. The van der Waals surface area contributed by atoms with Crippen LogP contribution in [0.5, 0.6) is 0 Å². The van der Waals surface area contributed by atoms with E-state index in [1.54, 1.807) is 26.4 Å². The minimum atomic E-state index is -0.238. The predicted octanol–water partition coefficient (Wildman–Crippen LogP) is 0.901. The minimum Gasteiger partial charge on any atom is -0.466 e. The summed E-state index contributed by atoms with van der Waals surface area (Å²) < 4.78 is 7.23. The highest BCUT2D eigenvalue weighted by atomic mass is 79.9. The summed E-state index contributed by atoms with van der Waals surface area (Å²) in [4.78, 5) is 16.2. The van der Waals surface area contributed by atoms with Gasteiger partial charge in [-0.3, -0.25) is 9.63 Å². The van der Waals surface area contributed by atoms with Gasteiger partial charge in [-0.05, 0) is 28.9 Å². The number of rotatable bonds is 4. The molecule has 1 aromatic heterocycles. The Labute approximate surface area is 96.9 Å². The van der Waals surface area contributed by atoms with E-state index in [0.29, 0.717) is 6.61 Å². The molecule has 0 aliphatic rings. The highest BCUT2D eigenvalue weighted by Crippen LogP contribution is 2.09. The predicted molar refractivity (Wildman–Crippen MR) is 57.2 cm³/mol. The second kappa shape index (κ2) is 5.70. The summed E-state index contributed by atoms with van der Waals surface area (Å²) in [5.41, 5.74) is 0.838. The monoisotopic (exact) mass is 274 g/mol. The second-order valence-corrected chi connectivity index (χ2v) is 3.80. The second-order valence-electron chi connectivity index (χ2n) is 2.89. The van der Waals surface area contributed by atoms with Crippen molar-refractivity contribution in [1.29, 1.82) is 0 Å². The summed E-state index contributed by atoms with van der Waals surface area (Å²) in [5, 5.41) is 0. The van der Waals surface area contributed by atoms with Crippen molar-refractivity contribution in [3.8, 4) is 0 Å². The number of carbonyl (C=O) groups excluding carboxylic acids is 1. The molecule has 0 fully saturated rings. The zero-order valence-corrected chi connectivity index (χ0v) is 10.3. The van der Waals surface area contributed by atoms with Gasteiger partial charge in [0.1, 0.15) is 7.11 Å². The van der Waals surface area contributed by atoms with Gasteiger partial charge in [0.25, 0.3) is 0 Å². The van der Waals surface area contributed by atoms with E-state index in [9.17, 15) is 4.79 Å². The van der Waals surface area contributed by atoms with Crippen LogP contribution in [0, 0.1) is 0 Å². The maximum absolute atomic E-state index is 11.2. The molecule has 1 rings (SSSR count). The number of nitrogens with zero attached hydrogens (tertiary/aromatic N) is 1. The maximum Gasteiger partial charge on any atom is 0.310 e. The van der Waals surface area contributed by atoms with Crippen LogP contribution in [0.25, 0.3) is 0 Å². The number of pyridine rings is 1. The molecule has 0 amide bonds. The van der Waals surface area contributed by atoms with Crippen LogP contribution < -0.4 is 9.57 Å². The Balaban J connectivity index is 2.76. The Morgan fingerprint density at radius 3 is 2.87 bits per heavy atom. The van der Waals surface area contributed by atoms with Crippen LogP contribution in [0.1, 0.15) is 12.5 Å². The molecule has 0 aliphatic carbocycles. The van der Waals surface area contributed by atoms with Crippen molar-refractivity contribution in [3.63, 3.8) is 0 Å². The third kappa shape index (κ3) is 3.87. The molecular formula is C10H13BrNO3+. The van der Waals surface area contributed by atoms with Crippen LogP contribution in [0.2, 0.25) is 0 Å². The van der Waals surface area contributed by atoms with Gasteiger partial charge in [-0.1, -0.05) is 0 Å². The Bertz CT molecular complexity index is 355. The number of hydrogen-bond acceptors (Lipinski definition) is 3. The molecule has 0 N–H and O–H groups in total. The van der Waals surface area contributed by atoms with Crippen molar-refractivity contribution >= 4 is 21.9 Å². The number of halogens is 1. The van der Waals surface area contributed by atoms with E-state index in [2.05, 4.69) is 15.9 Å². The lowest BCUT2D eigenvalue weighted by Gasteiger charge is -2.01. The average Bonchev–Trinajstić information content (AvgIpc) is 2.17. The highest BCUT2D eigenvalue weighted by Gasteiger charge is 2.10. The van der Waals surface area contributed by atoms with E-state index in [1.807, 2.05) is 6.07 Å². The van der Waals surface area contributed by atoms with Gasteiger partial charge in [0.2, 0.25) is 12.4 Å². The zero-order valence-electron chi connectivity index (χ0n) is 8.70. The number of ether oxygens (including phenoxy) is 1. The van der Waals surface area contributed by atoms with Gasteiger partial charge < -0.3 is 4.74 Å². The van der Waals surface area contributed by atoms with Crippen LogP contribution in [0.15, 0.2) is 22.9 Å².